The van der Waals surface area contributed by atoms with Crippen LogP contribution in [0.15, 0.2) is 18.2 Å². The third-order valence-electron chi connectivity index (χ3n) is 3.10. The summed E-state index contributed by atoms with van der Waals surface area (Å²) in [6.07, 6.45) is 0. The number of rotatable bonds is 2. The van der Waals surface area contributed by atoms with Crippen LogP contribution in [0.3, 0.4) is 0 Å². The molecule has 1 amide bonds. The van der Waals surface area contributed by atoms with E-state index in [4.69, 9.17) is 5.11 Å². The molecule has 1 aliphatic rings. The van der Waals surface area contributed by atoms with Crippen LogP contribution in [0.4, 0.5) is 4.39 Å². The lowest BCUT2D eigenvalue weighted by Crippen LogP contribution is -2.45. The lowest BCUT2D eigenvalue weighted by atomic mass is 10.1. The predicted octanol–water partition coefficient (Wildman–Crippen LogP) is 2.12. The van der Waals surface area contributed by atoms with Crippen LogP contribution in [0.25, 0.3) is 0 Å². The van der Waals surface area contributed by atoms with Crippen LogP contribution >= 0.6 is 11.8 Å². The van der Waals surface area contributed by atoms with Crippen molar-refractivity contribution in [2.24, 2.45) is 0 Å². The Hall–Kier alpha value is -1.56. The van der Waals surface area contributed by atoms with Crippen molar-refractivity contribution < 1.29 is 19.1 Å². The summed E-state index contributed by atoms with van der Waals surface area (Å²) in [5, 5.41) is 8.84. The van der Waals surface area contributed by atoms with Crippen molar-refractivity contribution in [3.05, 3.63) is 35.1 Å². The zero-order valence-corrected chi connectivity index (χ0v) is 11.4. The number of carbonyl (C=O) groups is 2. The van der Waals surface area contributed by atoms with E-state index in [0.29, 0.717) is 11.3 Å². The Bertz CT molecular complexity index is 535. The first-order chi connectivity index (χ1) is 8.91. The topological polar surface area (TPSA) is 57.6 Å². The second-order valence-electron chi connectivity index (χ2n) is 4.48. The molecule has 6 heteroatoms. The molecule has 0 spiro atoms. The molecular weight excluding hydrogens is 269 g/mol. The van der Waals surface area contributed by atoms with E-state index in [0.717, 1.165) is 0 Å². The fourth-order valence-electron chi connectivity index (χ4n) is 2.07. The molecule has 4 nitrogen and oxygen atoms in total. The van der Waals surface area contributed by atoms with Crippen molar-refractivity contribution in [2.75, 3.05) is 5.75 Å². The van der Waals surface area contributed by atoms with E-state index in [1.54, 1.807) is 19.9 Å². The number of hydrogen-bond acceptors (Lipinski definition) is 3. The highest BCUT2D eigenvalue weighted by Gasteiger charge is 2.40. The van der Waals surface area contributed by atoms with Crippen molar-refractivity contribution in [3.8, 4) is 0 Å². The predicted molar refractivity (Wildman–Crippen MR) is 70.7 cm³/mol. The highest BCUT2D eigenvalue weighted by molar-refractivity contribution is 8.00. The van der Waals surface area contributed by atoms with E-state index in [2.05, 4.69) is 0 Å². The molecule has 1 heterocycles. The smallest absolute Gasteiger partial charge is 0.327 e. The second-order valence-corrected chi connectivity index (χ2v) is 5.83. The Morgan fingerprint density at radius 3 is 2.74 bits per heavy atom. The van der Waals surface area contributed by atoms with Gasteiger partial charge in [-0.2, -0.15) is 0 Å². The zero-order chi connectivity index (χ0) is 14.2. The first-order valence-corrected chi connectivity index (χ1v) is 6.90. The van der Waals surface area contributed by atoms with Gasteiger partial charge in [0, 0.05) is 5.75 Å². The molecule has 0 aromatic heterocycles. The number of amides is 1. The maximum Gasteiger partial charge on any atom is 0.327 e. The number of carboxylic acid groups (broad SMARTS) is 1. The SMILES string of the molecule is Cc1ccc(C(=O)N2C(C)SCC2C(=O)O)c(F)c1. The van der Waals surface area contributed by atoms with Crippen molar-refractivity contribution in [1.82, 2.24) is 4.90 Å². The second kappa shape index (κ2) is 5.21. The Morgan fingerprint density at radius 2 is 2.16 bits per heavy atom. The largest absolute Gasteiger partial charge is 0.480 e. The molecule has 0 aliphatic carbocycles. The lowest BCUT2D eigenvalue weighted by Gasteiger charge is -2.25. The molecule has 1 aromatic carbocycles. The van der Waals surface area contributed by atoms with Gasteiger partial charge in [-0.25, -0.2) is 9.18 Å². The van der Waals surface area contributed by atoms with Crippen LogP contribution < -0.4 is 0 Å². The van der Waals surface area contributed by atoms with Crippen LogP contribution in [0.5, 0.6) is 0 Å². The molecule has 102 valence electrons. The van der Waals surface area contributed by atoms with Crippen molar-refractivity contribution in [2.45, 2.75) is 25.3 Å². The van der Waals surface area contributed by atoms with Crippen molar-refractivity contribution in [1.29, 1.82) is 0 Å². The number of halogens is 1. The van der Waals surface area contributed by atoms with Crippen LogP contribution in [0.1, 0.15) is 22.8 Å². The summed E-state index contributed by atoms with van der Waals surface area (Å²) in [5.41, 5.74) is 0.638. The highest BCUT2D eigenvalue weighted by atomic mass is 32.2. The van der Waals surface area contributed by atoms with E-state index in [-0.39, 0.29) is 10.9 Å². The summed E-state index contributed by atoms with van der Waals surface area (Å²) in [4.78, 5) is 24.7. The van der Waals surface area contributed by atoms with Gasteiger partial charge in [-0.3, -0.25) is 4.79 Å². The van der Waals surface area contributed by atoms with Crippen LogP contribution in [-0.2, 0) is 4.79 Å². The number of benzene rings is 1. The van der Waals surface area contributed by atoms with Crippen molar-refractivity contribution in [3.63, 3.8) is 0 Å². The minimum atomic E-state index is -1.06. The van der Waals surface area contributed by atoms with Crippen LogP contribution in [-0.4, -0.2) is 39.1 Å². The Labute approximate surface area is 114 Å². The Morgan fingerprint density at radius 1 is 1.47 bits per heavy atom. The van der Waals surface area contributed by atoms with Gasteiger partial charge < -0.3 is 10.0 Å². The van der Waals surface area contributed by atoms with Crippen molar-refractivity contribution >= 4 is 23.6 Å². The van der Waals surface area contributed by atoms with Gasteiger partial charge in [0.05, 0.1) is 10.9 Å². The molecule has 2 rings (SSSR count). The van der Waals surface area contributed by atoms with Gasteiger partial charge >= 0.3 is 5.97 Å². The summed E-state index contributed by atoms with van der Waals surface area (Å²) in [7, 11) is 0. The van der Waals surface area contributed by atoms with E-state index < -0.39 is 23.7 Å². The molecule has 0 bridgehead atoms. The molecular formula is C13H14FNO3S. The molecule has 2 atom stereocenters. The number of carboxylic acids is 1. The van der Waals surface area contributed by atoms with Gasteiger partial charge in [0.2, 0.25) is 0 Å². The first kappa shape index (κ1) is 13.9. The van der Waals surface area contributed by atoms with Gasteiger partial charge in [-0.05, 0) is 31.5 Å². The number of aryl methyl sites for hydroxylation is 1. The average Bonchev–Trinajstić information content (AvgIpc) is 2.70. The summed E-state index contributed by atoms with van der Waals surface area (Å²) in [6.45, 7) is 3.48. The molecule has 1 fully saturated rings. The fraction of sp³-hybridized carbons (Fsp3) is 0.385. The highest BCUT2D eigenvalue weighted by Crippen LogP contribution is 2.30. The molecule has 1 aliphatic heterocycles. The zero-order valence-electron chi connectivity index (χ0n) is 10.6. The number of hydrogen-bond donors (Lipinski definition) is 1. The summed E-state index contributed by atoms with van der Waals surface area (Å²) in [6, 6.07) is 3.42. The van der Waals surface area contributed by atoms with Gasteiger partial charge in [0.15, 0.2) is 0 Å². The van der Waals surface area contributed by atoms with Crippen LogP contribution in [0, 0.1) is 12.7 Å². The summed E-state index contributed by atoms with van der Waals surface area (Å²) in [5.74, 6) is -1.91. The normalized spacial score (nSPS) is 22.6. The third kappa shape index (κ3) is 2.58. The molecule has 2 unspecified atom stereocenters. The Balaban J connectivity index is 2.34. The monoisotopic (exact) mass is 283 g/mol. The summed E-state index contributed by atoms with van der Waals surface area (Å²) >= 11 is 1.38. The molecule has 1 aromatic rings. The molecule has 0 radical (unpaired) electrons. The minimum Gasteiger partial charge on any atom is -0.480 e. The van der Waals surface area contributed by atoms with Crippen LogP contribution in [0.2, 0.25) is 0 Å². The Kier molecular flexibility index (Phi) is 3.80. The third-order valence-corrected chi connectivity index (χ3v) is 4.32. The first-order valence-electron chi connectivity index (χ1n) is 5.85. The summed E-state index contributed by atoms with van der Waals surface area (Å²) < 4.78 is 13.8. The van der Waals surface area contributed by atoms with E-state index in [9.17, 15) is 14.0 Å². The lowest BCUT2D eigenvalue weighted by molar-refractivity contribution is -0.141. The molecule has 1 saturated heterocycles. The molecule has 19 heavy (non-hydrogen) atoms. The standard InChI is InChI=1S/C13H14FNO3S/c1-7-3-4-9(10(14)5-7)12(16)15-8(2)19-6-11(15)13(17)18/h3-5,8,11H,6H2,1-2H3,(H,17,18). The maximum absolute atomic E-state index is 13.8. The van der Waals surface area contributed by atoms with E-state index >= 15 is 0 Å². The number of thioether (sulfide) groups is 1. The number of nitrogens with zero attached hydrogens (tertiary/aromatic N) is 1. The average molecular weight is 283 g/mol. The van der Waals surface area contributed by atoms with E-state index in [1.165, 1.54) is 28.8 Å². The van der Waals surface area contributed by atoms with Gasteiger partial charge in [-0.1, -0.05) is 6.07 Å². The van der Waals surface area contributed by atoms with E-state index in [1.807, 2.05) is 0 Å². The number of aliphatic carboxylic acids is 1. The van der Waals surface area contributed by atoms with Gasteiger partial charge in [0.25, 0.3) is 5.91 Å². The molecule has 0 saturated carbocycles. The maximum atomic E-state index is 13.8. The van der Waals surface area contributed by atoms with Gasteiger partial charge in [-0.15, -0.1) is 11.8 Å². The fourth-order valence-corrected chi connectivity index (χ4v) is 3.24. The minimum absolute atomic E-state index is 0.0776. The molecule has 1 N–H and O–H groups in total. The quantitative estimate of drug-likeness (QED) is 0.903. The van der Waals surface area contributed by atoms with Gasteiger partial charge in [0.1, 0.15) is 11.9 Å². The number of carbonyl (C=O) groups excluding carboxylic acids is 1.